The van der Waals surface area contributed by atoms with E-state index in [0.29, 0.717) is 11.5 Å². The zero-order valence-corrected chi connectivity index (χ0v) is 18.3. The van der Waals surface area contributed by atoms with E-state index in [4.69, 9.17) is 0 Å². The van der Waals surface area contributed by atoms with Crippen LogP contribution in [-0.4, -0.2) is 34.8 Å². The molecule has 3 amide bonds. The fourth-order valence-corrected chi connectivity index (χ4v) is 2.93. The molecule has 2 aromatic rings. The highest BCUT2D eigenvalue weighted by Gasteiger charge is 2.24. The number of benzene rings is 1. The lowest BCUT2D eigenvalue weighted by molar-refractivity contribution is -0.125. The van der Waals surface area contributed by atoms with Gasteiger partial charge in [0.1, 0.15) is 12.4 Å². The molecule has 0 atom stereocenters. The van der Waals surface area contributed by atoms with Crippen molar-refractivity contribution in [3.05, 3.63) is 53.7 Å². The molecule has 0 unspecified atom stereocenters. The molecule has 0 radical (unpaired) electrons. The number of nitrogens with one attached hydrogen (secondary N) is 2. The van der Waals surface area contributed by atoms with Gasteiger partial charge in [0.05, 0.1) is 0 Å². The van der Waals surface area contributed by atoms with Crippen molar-refractivity contribution in [1.29, 1.82) is 0 Å². The van der Waals surface area contributed by atoms with E-state index in [-0.39, 0.29) is 37.1 Å². The molecule has 0 fully saturated rings. The van der Waals surface area contributed by atoms with Gasteiger partial charge in [0.25, 0.3) is 0 Å². The van der Waals surface area contributed by atoms with Gasteiger partial charge in [-0.25, -0.2) is 4.98 Å². The van der Waals surface area contributed by atoms with Gasteiger partial charge in [0.15, 0.2) is 0 Å². The van der Waals surface area contributed by atoms with E-state index in [9.17, 15) is 14.4 Å². The van der Waals surface area contributed by atoms with Crippen LogP contribution in [0.25, 0.3) is 0 Å². The van der Waals surface area contributed by atoms with Crippen LogP contribution < -0.4 is 15.5 Å². The molecular formula is C23H30N4O3. The summed E-state index contributed by atoms with van der Waals surface area (Å²) >= 11 is 0. The number of hydrogen-bond acceptors (Lipinski definition) is 4. The molecule has 1 heterocycles. The maximum Gasteiger partial charge on any atom is 0.240 e. The second-order valence-electron chi connectivity index (χ2n) is 8.26. The smallest absolute Gasteiger partial charge is 0.240 e. The summed E-state index contributed by atoms with van der Waals surface area (Å²) in [5, 5.41) is 5.55. The summed E-state index contributed by atoms with van der Waals surface area (Å²) in [4.78, 5) is 43.2. The highest BCUT2D eigenvalue weighted by atomic mass is 16.2. The lowest BCUT2D eigenvalue weighted by Gasteiger charge is -2.27. The molecule has 0 aliphatic carbocycles. The molecule has 0 aliphatic rings. The highest BCUT2D eigenvalue weighted by molar-refractivity contribution is 6.01. The Morgan fingerprint density at radius 3 is 2.33 bits per heavy atom. The van der Waals surface area contributed by atoms with Crippen molar-refractivity contribution < 1.29 is 14.4 Å². The van der Waals surface area contributed by atoms with Crippen molar-refractivity contribution >= 4 is 29.2 Å². The molecule has 2 rings (SSSR count). The van der Waals surface area contributed by atoms with Crippen LogP contribution in [0.4, 0.5) is 11.5 Å². The first-order valence-corrected chi connectivity index (χ1v) is 9.95. The van der Waals surface area contributed by atoms with E-state index < -0.39 is 5.54 Å². The molecule has 0 bridgehead atoms. The van der Waals surface area contributed by atoms with Crippen molar-refractivity contribution in [2.45, 2.75) is 53.0 Å². The molecule has 0 saturated heterocycles. The predicted molar refractivity (Wildman–Crippen MR) is 118 cm³/mol. The molecule has 0 saturated carbocycles. The summed E-state index contributed by atoms with van der Waals surface area (Å²) in [5.41, 5.74) is 2.21. The average molecular weight is 411 g/mol. The van der Waals surface area contributed by atoms with E-state index in [0.717, 1.165) is 11.1 Å². The molecule has 30 heavy (non-hydrogen) atoms. The monoisotopic (exact) mass is 410 g/mol. The number of amides is 3. The fourth-order valence-electron chi connectivity index (χ4n) is 2.93. The number of rotatable bonds is 7. The summed E-state index contributed by atoms with van der Waals surface area (Å²) in [7, 11) is 0. The molecule has 1 aromatic carbocycles. The largest absolute Gasteiger partial charge is 0.350 e. The molecule has 0 aliphatic heterocycles. The Labute approximate surface area is 177 Å². The molecule has 1 aromatic heterocycles. The van der Waals surface area contributed by atoms with E-state index in [1.165, 1.54) is 4.90 Å². The second kappa shape index (κ2) is 10.0. The van der Waals surface area contributed by atoms with Crippen LogP contribution in [0, 0.1) is 13.8 Å². The van der Waals surface area contributed by atoms with Crippen LogP contribution in [0.1, 0.15) is 44.7 Å². The van der Waals surface area contributed by atoms with Crippen molar-refractivity contribution in [1.82, 2.24) is 10.3 Å². The lowest BCUT2D eigenvalue weighted by Crippen LogP contribution is -2.47. The molecule has 160 valence electrons. The van der Waals surface area contributed by atoms with Crippen molar-refractivity contribution in [2.75, 3.05) is 16.8 Å². The number of carbonyl (C=O) groups excluding carboxylic acids is 3. The zero-order chi connectivity index (χ0) is 22.3. The maximum absolute atomic E-state index is 13.0. The van der Waals surface area contributed by atoms with Crippen LogP contribution in [0.2, 0.25) is 0 Å². The summed E-state index contributed by atoms with van der Waals surface area (Å²) in [5.74, 6) is -0.411. The summed E-state index contributed by atoms with van der Waals surface area (Å²) < 4.78 is 0. The minimum Gasteiger partial charge on any atom is -0.350 e. The third-order valence-corrected chi connectivity index (χ3v) is 4.48. The van der Waals surface area contributed by atoms with Crippen molar-refractivity contribution in [3.8, 4) is 0 Å². The Balaban J connectivity index is 2.12. The van der Waals surface area contributed by atoms with Gasteiger partial charge < -0.3 is 15.5 Å². The second-order valence-corrected chi connectivity index (χ2v) is 8.26. The number of carbonyl (C=O) groups is 3. The Bertz CT molecular complexity index is 904. The summed E-state index contributed by atoms with van der Waals surface area (Å²) in [6, 6.07) is 10.8. The minimum absolute atomic E-state index is 0.00232. The first-order valence-electron chi connectivity index (χ1n) is 9.95. The third-order valence-electron chi connectivity index (χ3n) is 4.48. The van der Waals surface area contributed by atoms with Crippen LogP contribution >= 0.6 is 0 Å². The Morgan fingerprint density at radius 1 is 0.967 bits per heavy atom. The van der Waals surface area contributed by atoms with Gasteiger partial charge in [-0.05, 0) is 63.9 Å². The summed E-state index contributed by atoms with van der Waals surface area (Å²) in [6.07, 6.45) is 1.56. The summed E-state index contributed by atoms with van der Waals surface area (Å²) in [6.45, 7) is 9.42. The molecular weight excluding hydrogens is 380 g/mol. The third kappa shape index (κ3) is 6.99. The van der Waals surface area contributed by atoms with Gasteiger partial charge in [-0.1, -0.05) is 18.2 Å². The lowest BCUT2D eigenvalue weighted by atomic mass is 10.1. The van der Waals surface area contributed by atoms with Crippen LogP contribution in [-0.2, 0) is 14.4 Å². The molecule has 2 N–H and O–H groups in total. The molecule has 7 heteroatoms. The normalized spacial score (nSPS) is 11.0. The number of anilines is 2. The molecule has 0 spiro atoms. The first kappa shape index (κ1) is 23.1. The SMILES string of the molecule is Cc1cccc(N(CC(=O)NC(C)(C)C)C(=O)CCC(=O)Nc2ccccn2)c1C. The van der Waals surface area contributed by atoms with E-state index >= 15 is 0 Å². The van der Waals surface area contributed by atoms with Gasteiger partial charge in [-0.2, -0.15) is 0 Å². The van der Waals surface area contributed by atoms with Gasteiger partial charge in [0, 0.05) is 30.3 Å². The fraction of sp³-hybridized carbons (Fsp3) is 0.391. The maximum atomic E-state index is 13.0. The van der Waals surface area contributed by atoms with Gasteiger partial charge >= 0.3 is 0 Å². The number of hydrogen-bond donors (Lipinski definition) is 2. The van der Waals surface area contributed by atoms with E-state index in [1.54, 1.807) is 24.4 Å². The van der Waals surface area contributed by atoms with E-state index in [1.807, 2.05) is 52.8 Å². The Morgan fingerprint density at radius 2 is 1.70 bits per heavy atom. The van der Waals surface area contributed by atoms with Crippen molar-refractivity contribution in [2.24, 2.45) is 0 Å². The standard InChI is InChI=1S/C23H30N4O3/c1-16-9-8-10-18(17(16)2)27(15-21(29)26-23(3,4)5)22(30)13-12-20(28)25-19-11-6-7-14-24-19/h6-11,14H,12-13,15H2,1-5H3,(H,26,29)(H,24,25,28). The number of nitrogens with zero attached hydrogens (tertiary/aromatic N) is 2. The topological polar surface area (TPSA) is 91.4 Å². The number of aryl methyl sites for hydroxylation is 1. The van der Waals surface area contributed by atoms with Gasteiger partial charge in [-0.15, -0.1) is 0 Å². The van der Waals surface area contributed by atoms with Crippen LogP contribution in [0.3, 0.4) is 0 Å². The molecule has 7 nitrogen and oxygen atoms in total. The van der Waals surface area contributed by atoms with Gasteiger partial charge in [-0.3, -0.25) is 14.4 Å². The minimum atomic E-state index is -0.407. The van der Waals surface area contributed by atoms with Crippen LogP contribution in [0.15, 0.2) is 42.6 Å². The Hall–Kier alpha value is -3.22. The highest BCUT2D eigenvalue weighted by Crippen LogP contribution is 2.24. The predicted octanol–water partition coefficient (Wildman–Crippen LogP) is 3.37. The number of aromatic nitrogens is 1. The quantitative estimate of drug-likeness (QED) is 0.732. The van der Waals surface area contributed by atoms with Crippen molar-refractivity contribution in [3.63, 3.8) is 0 Å². The first-order chi connectivity index (χ1) is 14.1. The van der Waals surface area contributed by atoms with E-state index in [2.05, 4.69) is 15.6 Å². The number of pyridine rings is 1. The zero-order valence-electron chi connectivity index (χ0n) is 18.3. The van der Waals surface area contributed by atoms with Gasteiger partial charge in [0.2, 0.25) is 17.7 Å². The average Bonchev–Trinajstić information content (AvgIpc) is 2.66. The Kier molecular flexibility index (Phi) is 7.69. The van der Waals surface area contributed by atoms with Crippen LogP contribution in [0.5, 0.6) is 0 Å².